The van der Waals surface area contributed by atoms with E-state index in [1.165, 1.54) is 37.5 Å². The number of oxazole rings is 1. The number of fused-ring (bicyclic) bond motifs is 2. The molecule has 5 heterocycles. The normalized spacial score (nSPS) is 15.5. The number of anilines is 2. The Labute approximate surface area is 456 Å². The predicted molar refractivity (Wildman–Crippen MR) is 290 cm³/mol. The molecule has 420 valence electrons. The van der Waals surface area contributed by atoms with Crippen molar-refractivity contribution in [1.82, 2.24) is 33.9 Å². The minimum atomic E-state index is -1.21. The zero-order valence-corrected chi connectivity index (χ0v) is 44.9. The minimum Gasteiger partial charge on any atom is -0.494 e. The molecule has 0 saturated carbocycles. The van der Waals surface area contributed by atoms with Crippen molar-refractivity contribution in [3.8, 4) is 11.5 Å². The van der Waals surface area contributed by atoms with Crippen molar-refractivity contribution in [3.05, 3.63) is 76.7 Å². The van der Waals surface area contributed by atoms with Crippen molar-refractivity contribution in [3.63, 3.8) is 0 Å². The number of amides is 7. The number of carboxylic acids is 1. The highest BCUT2D eigenvalue weighted by atomic mass is 32.2. The fourth-order valence-corrected chi connectivity index (χ4v) is 9.72. The number of hydrogen-bond acceptors (Lipinski definition) is 19. The Morgan fingerprint density at radius 1 is 0.911 bits per heavy atom. The predicted octanol–water partition coefficient (Wildman–Crippen LogP) is 1.88. The van der Waals surface area contributed by atoms with E-state index in [1.54, 1.807) is 47.0 Å². The average Bonchev–Trinajstić information content (AvgIpc) is 4.31. The number of imidazole rings is 2. The maximum absolute atomic E-state index is 13.9. The number of aromatic nitrogens is 5. The Kier molecular flexibility index (Phi) is 18.9. The van der Waals surface area contributed by atoms with Gasteiger partial charge in [0.1, 0.15) is 34.3 Å². The Morgan fingerprint density at radius 3 is 2.11 bits per heavy atom. The van der Waals surface area contributed by atoms with Crippen LogP contribution in [0.2, 0.25) is 0 Å². The molecule has 2 aliphatic rings. The number of nitrogens with zero attached hydrogens (tertiary/aromatic N) is 8. The molecular weight excluding hydrogens is 1050 g/mol. The van der Waals surface area contributed by atoms with Crippen LogP contribution in [-0.2, 0) is 48.2 Å². The van der Waals surface area contributed by atoms with E-state index < -0.39 is 52.7 Å². The second kappa shape index (κ2) is 25.7. The van der Waals surface area contributed by atoms with E-state index in [9.17, 15) is 38.4 Å². The summed E-state index contributed by atoms with van der Waals surface area (Å²) in [6, 6.07) is 4.70. The number of ether oxygens (including phenoxy) is 3. The van der Waals surface area contributed by atoms with Crippen LogP contribution in [0.25, 0.3) is 22.1 Å². The molecule has 2 aliphatic heterocycles. The number of aliphatic imine (C=N–C) groups is 1. The van der Waals surface area contributed by atoms with Gasteiger partial charge in [-0.1, -0.05) is 19.1 Å². The van der Waals surface area contributed by atoms with E-state index in [-0.39, 0.29) is 126 Å². The molecule has 3 aromatic heterocycles. The zero-order valence-electron chi connectivity index (χ0n) is 44.1. The Bertz CT molecular complexity index is 3300. The lowest BCUT2D eigenvalue weighted by Gasteiger charge is -2.39. The lowest BCUT2D eigenvalue weighted by atomic mass is 10.1. The van der Waals surface area contributed by atoms with Crippen LogP contribution in [0.3, 0.4) is 0 Å². The third-order valence-electron chi connectivity index (χ3n) is 12.5. The van der Waals surface area contributed by atoms with Gasteiger partial charge in [0, 0.05) is 88.0 Å². The molecular formula is C51H62N14O13S. The molecule has 0 radical (unpaired) electrons. The summed E-state index contributed by atoms with van der Waals surface area (Å²) in [7, 11) is 1.41. The van der Waals surface area contributed by atoms with Gasteiger partial charge in [0.05, 0.1) is 48.4 Å². The van der Waals surface area contributed by atoms with Crippen LogP contribution in [-0.4, -0.2) is 162 Å². The summed E-state index contributed by atoms with van der Waals surface area (Å²) >= 11 is 1.01. The van der Waals surface area contributed by atoms with Crippen molar-refractivity contribution in [1.29, 1.82) is 0 Å². The summed E-state index contributed by atoms with van der Waals surface area (Å²) in [5, 5.41) is 13.9. The number of likely N-dealkylation sites (tertiary alicyclic amines) is 2. The maximum atomic E-state index is 13.9. The number of nitrogens with two attached hydrogens (primary N) is 4. The van der Waals surface area contributed by atoms with Gasteiger partial charge >= 0.3 is 5.97 Å². The first-order valence-electron chi connectivity index (χ1n) is 25.1. The fourth-order valence-electron chi connectivity index (χ4n) is 8.61. The number of carbonyl (C=O) groups is 8. The first-order valence-corrected chi connectivity index (χ1v) is 26.2. The molecule has 7 rings (SSSR count). The highest BCUT2D eigenvalue weighted by molar-refractivity contribution is 8.00. The Hall–Kier alpha value is -8.63. The molecule has 11 N–H and O–H groups in total. The largest absolute Gasteiger partial charge is 0.494 e. The quantitative estimate of drug-likeness (QED) is 0.0171. The number of thioether (sulfide) groups is 1. The molecule has 0 spiro atoms. The van der Waals surface area contributed by atoms with Crippen LogP contribution in [0.4, 0.5) is 11.9 Å². The lowest BCUT2D eigenvalue weighted by molar-refractivity contribution is -0.146. The molecule has 2 atom stereocenters. The van der Waals surface area contributed by atoms with E-state index in [4.69, 9.17) is 51.7 Å². The van der Waals surface area contributed by atoms with Crippen LogP contribution >= 0.6 is 11.8 Å². The van der Waals surface area contributed by atoms with Crippen LogP contribution in [0.1, 0.15) is 82.9 Å². The van der Waals surface area contributed by atoms with E-state index >= 15 is 0 Å². The summed E-state index contributed by atoms with van der Waals surface area (Å²) in [5.41, 5.74) is 25.2. The Morgan fingerprint density at radius 2 is 1.53 bits per heavy atom. The van der Waals surface area contributed by atoms with Crippen LogP contribution in [0.5, 0.6) is 11.5 Å². The van der Waals surface area contributed by atoms with Crippen molar-refractivity contribution in [2.75, 3.05) is 62.9 Å². The van der Waals surface area contributed by atoms with Gasteiger partial charge in [0.15, 0.2) is 5.89 Å². The topological polar surface area (TPSA) is 393 Å². The number of methoxy groups -OCH3 is 1. The number of imide groups is 1. The van der Waals surface area contributed by atoms with Crippen LogP contribution in [0.15, 0.2) is 57.6 Å². The number of carbonyl (C=O) groups excluding carboxylic acids is 7. The number of aliphatic carboxylic acids is 1. The van der Waals surface area contributed by atoms with Gasteiger partial charge in [0.2, 0.25) is 47.2 Å². The molecule has 7 amide bonds. The van der Waals surface area contributed by atoms with Gasteiger partial charge < -0.3 is 60.7 Å². The molecule has 79 heavy (non-hydrogen) atoms. The zero-order chi connectivity index (χ0) is 57.2. The summed E-state index contributed by atoms with van der Waals surface area (Å²) in [4.78, 5) is 122. The second-order valence-electron chi connectivity index (χ2n) is 18.3. The van der Waals surface area contributed by atoms with Gasteiger partial charge in [-0.05, 0) is 50.6 Å². The molecule has 27 nitrogen and oxygen atoms in total. The van der Waals surface area contributed by atoms with Crippen LogP contribution < -0.4 is 43.0 Å². The molecule has 0 bridgehead atoms. The SMILES string of the molecule is CCN=C(/C=C(/C)N)C(=O)Nc1nc2cc(C(N)=O)cc(OC)c2n1C/C=C/Cn1c(NC(=O)c2oc(C)nc2CC)nc2cc(C(N)=O)cc(OCCCOC3CN(C(=O)CCN4C(=O)CC(SC[C@H](N)C(=O)O)C4=O)C3)c21. The standard InChI is InChI=1S/C51H62N14O13S/c1-6-32-43(78-27(4)57-32)47(71)61-51-59-34-19-29(45(55)69)21-37(77-16-10-15-76-30-23-62(24-30)39(66)11-14-63-40(67)22-38(48(63)72)79-25-31(53)49(73)74)42(34)65(51)13-9-8-12-64-41-33(18-28(44(54)68)20-36(41)75-5)58-50(64)60-46(70)35(56-7-2)17-26(3)52/h8-9,17-21,30-31,38H,6-7,10-16,22-25,52-53H2,1-5H3,(H2,54,68)(H2,55,69)(H,73,74)(H,58,60,70)(H,59,61,71)/b9-8+,26-17-,56-35?/t31-,38?/m0/s1. The monoisotopic (exact) mass is 1110 g/mol. The van der Waals surface area contributed by atoms with Gasteiger partial charge in [-0.15, -0.1) is 11.8 Å². The van der Waals surface area contributed by atoms with Gasteiger partial charge in [0.25, 0.3) is 11.8 Å². The highest BCUT2D eigenvalue weighted by Gasteiger charge is 2.40. The summed E-state index contributed by atoms with van der Waals surface area (Å²) in [6.07, 6.45) is 5.26. The highest BCUT2D eigenvalue weighted by Crippen LogP contribution is 2.34. The first-order chi connectivity index (χ1) is 37.7. The van der Waals surface area contributed by atoms with Gasteiger partial charge in [-0.3, -0.25) is 58.9 Å². The smallest absolute Gasteiger partial charge is 0.321 e. The third-order valence-corrected chi connectivity index (χ3v) is 13.8. The lowest BCUT2D eigenvalue weighted by Crippen LogP contribution is -2.55. The van der Waals surface area contributed by atoms with E-state index in [2.05, 4.69) is 25.6 Å². The molecule has 1 unspecified atom stereocenters. The van der Waals surface area contributed by atoms with Crippen LogP contribution in [0, 0.1) is 6.92 Å². The summed E-state index contributed by atoms with van der Waals surface area (Å²) < 4.78 is 27.0. The minimum absolute atomic E-state index is 0.0109. The second-order valence-corrected chi connectivity index (χ2v) is 19.5. The number of carboxylic acid groups (broad SMARTS) is 1. The average molecular weight is 1110 g/mol. The molecule has 0 aliphatic carbocycles. The third kappa shape index (κ3) is 13.7. The molecule has 2 saturated heterocycles. The van der Waals surface area contributed by atoms with Crippen molar-refractivity contribution in [2.24, 2.45) is 27.9 Å². The maximum Gasteiger partial charge on any atom is 0.321 e. The van der Waals surface area contributed by atoms with Gasteiger partial charge in [-0.2, -0.15) is 0 Å². The van der Waals surface area contributed by atoms with E-state index in [0.717, 1.165) is 16.7 Å². The Balaban J connectivity index is 1.07. The number of allylic oxidation sites excluding steroid dienone is 3. The number of benzene rings is 2. The van der Waals surface area contributed by atoms with E-state index in [1.807, 2.05) is 6.92 Å². The molecule has 28 heteroatoms. The van der Waals surface area contributed by atoms with Crippen molar-refractivity contribution >= 4 is 98.8 Å². The number of aryl methyl sites for hydroxylation is 2. The number of hydrogen-bond donors (Lipinski definition) is 7. The number of rotatable bonds is 27. The molecule has 2 fully saturated rings. The molecule has 2 aromatic carbocycles. The number of nitrogens with one attached hydrogen (secondary N) is 2. The molecule has 5 aromatic rings. The van der Waals surface area contributed by atoms with E-state index in [0.29, 0.717) is 54.9 Å². The van der Waals surface area contributed by atoms with Gasteiger partial charge in [-0.25, -0.2) is 15.0 Å². The summed E-state index contributed by atoms with van der Waals surface area (Å²) in [6.45, 7) is 8.02. The summed E-state index contributed by atoms with van der Waals surface area (Å²) in [5.74, 6) is -4.29. The first kappa shape index (κ1) is 58.1. The van der Waals surface area contributed by atoms with Crippen molar-refractivity contribution < 1.29 is 62.1 Å². The van der Waals surface area contributed by atoms with Crippen molar-refractivity contribution in [2.45, 2.75) is 83.9 Å². The number of primary amides is 2. The fraction of sp³-hybridized carbons (Fsp3) is 0.412.